The zero-order valence-corrected chi connectivity index (χ0v) is 20.1. The van der Waals surface area contributed by atoms with E-state index in [2.05, 4.69) is 10.6 Å². The maximum Gasteiger partial charge on any atom is 0.265 e. The van der Waals surface area contributed by atoms with E-state index >= 15 is 0 Å². The van der Waals surface area contributed by atoms with Crippen LogP contribution in [0.4, 0.5) is 11.4 Å². The topological polar surface area (TPSA) is 95.6 Å². The molecule has 7 nitrogen and oxygen atoms in total. The number of nitrogens with one attached hydrogen (secondary N) is 2. The molecule has 1 aliphatic rings. The summed E-state index contributed by atoms with van der Waals surface area (Å²) in [6.07, 6.45) is 1.38. The molecule has 0 saturated carbocycles. The molecule has 34 heavy (non-hydrogen) atoms. The Morgan fingerprint density at radius 1 is 1.00 bits per heavy atom. The van der Waals surface area contributed by atoms with Crippen molar-refractivity contribution < 1.29 is 18.0 Å². The molecule has 0 radical (unpaired) electrons. The molecule has 2 amide bonds. The van der Waals surface area contributed by atoms with Gasteiger partial charge in [-0.15, -0.1) is 0 Å². The van der Waals surface area contributed by atoms with Crippen molar-refractivity contribution in [1.82, 2.24) is 5.32 Å². The van der Waals surface area contributed by atoms with Crippen molar-refractivity contribution in [2.45, 2.75) is 24.7 Å². The third-order valence-corrected chi connectivity index (χ3v) is 7.86. The summed E-state index contributed by atoms with van der Waals surface area (Å²) in [6, 6.07) is 18.1. The second-order valence-corrected chi connectivity index (χ2v) is 10.1. The largest absolute Gasteiger partial charge is 0.352 e. The van der Waals surface area contributed by atoms with Crippen molar-refractivity contribution in [3.05, 3.63) is 88.4 Å². The molecule has 0 spiro atoms. The van der Waals surface area contributed by atoms with Crippen LogP contribution in [0.1, 0.15) is 39.6 Å². The van der Waals surface area contributed by atoms with Crippen molar-refractivity contribution in [1.29, 1.82) is 0 Å². The van der Waals surface area contributed by atoms with Crippen LogP contribution in [0, 0.1) is 0 Å². The van der Waals surface area contributed by atoms with Gasteiger partial charge in [0, 0.05) is 18.7 Å². The van der Waals surface area contributed by atoms with Crippen LogP contribution in [0.15, 0.2) is 71.6 Å². The number of amides is 2. The standard InChI is InChI=1S/C25H24ClN3O4S/c1-2-14-27-25(31)19-8-4-5-9-21(19)28-24(30)18-11-12-20(26)23(16-18)34(32,33)29-15-13-17-7-3-6-10-22(17)29/h3-12,16H,2,13-15H2,1H3,(H,27,31)(H,28,30). The zero-order valence-electron chi connectivity index (χ0n) is 18.5. The molecule has 4 rings (SSSR count). The number of carbonyl (C=O) groups excluding carboxylic acids is 2. The molecule has 0 saturated heterocycles. The number of halogens is 1. The summed E-state index contributed by atoms with van der Waals surface area (Å²) in [7, 11) is -3.99. The van der Waals surface area contributed by atoms with Gasteiger partial charge in [0.2, 0.25) is 0 Å². The van der Waals surface area contributed by atoms with Crippen LogP contribution >= 0.6 is 11.6 Å². The van der Waals surface area contributed by atoms with Crippen LogP contribution < -0.4 is 14.9 Å². The second-order valence-electron chi connectivity index (χ2n) is 7.86. The van der Waals surface area contributed by atoms with Crippen molar-refractivity contribution >= 4 is 44.8 Å². The molecule has 1 heterocycles. The molecule has 2 N–H and O–H groups in total. The number of fused-ring (bicyclic) bond motifs is 1. The van der Waals surface area contributed by atoms with Crippen LogP contribution in [0.2, 0.25) is 5.02 Å². The molecule has 0 bridgehead atoms. The predicted octanol–water partition coefficient (Wildman–Crippen LogP) is 4.48. The number of benzene rings is 3. The lowest BCUT2D eigenvalue weighted by atomic mass is 10.1. The number of sulfonamides is 1. The smallest absolute Gasteiger partial charge is 0.265 e. The van der Waals surface area contributed by atoms with E-state index in [0.29, 0.717) is 36.4 Å². The van der Waals surface area contributed by atoms with Crippen molar-refractivity contribution in [2.75, 3.05) is 22.7 Å². The third-order valence-electron chi connectivity index (χ3n) is 5.56. The maximum atomic E-state index is 13.5. The van der Waals surface area contributed by atoms with E-state index in [1.54, 1.807) is 36.4 Å². The van der Waals surface area contributed by atoms with E-state index in [9.17, 15) is 18.0 Å². The highest BCUT2D eigenvalue weighted by atomic mass is 35.5. The molecule has 0 unspecified atom stereocenters. The average molecular weight is 498 g/mol. The van der Waals surface area contributed by atoms with Gasteiger partial charge in [-0.3, -0.25) is 13.9 Å². The van der Waals surface area contributed by atoms with E-state index in [0.717, 1.165) is 12.0 Å². The van der Waals surface area contributed by atoms with Gasteiger partial charge in [-0.1, -0.05) is 48.9 Å². The highest BCUT2D eigenvalue weighted by Gasteiger charge is 2.32. The summed E-state index contributed by atoms with van der Waals surface area (Å²) in [4.78, 5) is 25.3. The van der Waals surface area contributed by atoms with Crippen molar-refractivity contribution in [3.8, 4) is 0 Å². The van der Waals surface area contributed by atoms with Gasteiger partial charge in [-0.2, -0.15) is 0 Å². The van der Waals surface area contributed by atoms with Crippen LogP contribution in [0.5, 0.6) is 0 Å². The molecule has 0 fully saturated rings. The maximum absolute atomic E-state index is 13.5. The Bertz CT molecular complexity index is 1360. The third kappa shape index (κ3) is 4.64. The first-order chi connectivity index (χ1) is 16.3. The molecule has 0 atom stereocenters. The molecule has 0 aromatic heterocycles. The van der Waals surface area contributed by atoms with Crippen LogP contribution in [0.25, 0.3) is 0 Å². The summed E-state index contributed by atoms with van der Waals surface area (Å²) >= 11 is 6.28. The number of para-hydroxylation sites is 2. The van der Waals surface area contributed by atoms with Gasteiger partial charge in [0.1, 0.15) is 4.90 Å². The van der Waals surface area contributed by atoms with Gasteiger partial charge in [0.15, 0.2) is 0 Å². The minimum absolute atomic E-state index is 0.0280. The highest BCUT2D eigenvalue weighted by Crippen LogP contribution is 2.35. The number of anilines is 2. The molecular formula is C25H24ClN3O4S. The van der Waals surface area contributed by atoms with Gasteiger partial charge >= 0.3 is 0 Å². The minimum Gasteiger partial charge on any atom is -0.352 e. The highest BCUT2D eigenvalue weighted by molar-refractivity contribution is 7.93. The van der Waals surface area contributed by atoms with Crippen LogP contribution in [-0.2, 0) is 16.4 Å². The number of carbonyl (C=O) groups is 2. The Balaban J connectivity index is 1.63. The van der Waals surface area contributed by atoms with Gasteiger partial charge in [0.05, 0.1) is 22.0 Å². The van der Waals surface area contributed by atoms with Crippen molar-refractivity contribution in [3.63, 3.8) is 0 Å². The Labute approximate surface area is 203 Å². The number of nitrogens with zero attached hydrogens (tertiary/aromatic N) is 1. The lowest BCUT2D eigenvalue weighted by molar-refractivity contribution is 0.0954. The lowest BCUT2D eigenvalue weighted by Crippen LogP contribution is -2.29. The molecule has 3 aromatic carbocycles. The van der Waals surface area contributed by atoms with Crippen LogP contribution in [0.3, 0.4) is 0 Å². The first-order valence-electron chi connectivity index (χ1n) is 10.9. The molecule has 9 heteroatoms. The molecular weight excluding hydrogens is 474 g/mol. The summed E-state index contributed by atoms with van der Waals surface area (Å²) < 4.78 is 28.2. The summed E-state index contributed by atoms with van der Waals surface area (Å²) in [5, 5.41) is 5.53. The zero-order chi connectivity index (χ0) is 24.3. The van der Waals surface area contributed by atoms with E-state index in [-0.39, 0.29) is 21.4 Å². The van der Waals surface area contributed by atoms with Crippen LogP contribution in [-0.4, -0.2) is 33.3 Å². The van der Waals surface area contributed by atoms with E-state index in [1.165, 1.54) is 22.5 Å². The number of hydrogen-bond acceptors (Lipinski definition) is 4. The average Bonchev–Trinajstić information content (AvgIpc) is 3.28. The monoisotopic (exact) mass is 497 g/mol. The number of hydrogen-bond donors (Lipinski definition) is 2. The van der Waals surface area contributed by atoms with E-state index in [4.69, 9.17) is 11.6 Å². The molecule has 0 aliphatic carbocycles. The molecule has 3 aromatic rings. The summed E-state index contributed by atoms with van der Waals surface area (Å²) in [5.74, 6) is -0.851. The second kappa shape index (κ2) is 9.87. The van der Waals surface area contributed by atoms with E-state index < -0.39 is 15.9 Å². The first kappa shape index (κ1) is 23.8. The molecule has 1 aliphatic heterocycles. The quantitative estimate of drug-likeness (QED) is 0.503. The fourth-order valence-corrected chi connectivity index (χ4v) is 5.84. The van der Waals surface area contributed by atoms with E-state index in [1.807, 2.05) is 19.1 Å². The molecule has 176 valence electrons. The first-order valence-corrected chi connectivity index (χ1v) is 12.7. The Hall–Kier alpha value is -3.36. The fraction of sp³-hybridized carbons (Fsp3) is 0.200. The SMILES string of the molecule is CCCNC(=O)c1ccccc1NC(=O)c1ccc(Cl)c(S(=O)(=O)N2CCc3ccccc32)c1. The minimum atomic E-state index is -3.99. The Morgan fingerprint density at radius 3 is 2.53 bits per heavy atom. The number of rotatable bonds is 7. The fourth-order valence-electron chi connectivity index (χ4n) is 3.84. The van der Waals surface area contributed by atoms with Gasteiger partial charge in [-0.25, -0.2) is 8.42 Å². The Morgan fingerprint density at radius 2 is 1.74 bits per heavy atom. The Kier molecular flexibility index (Phi) is 6.90. The van der Waals surface area contributed by atoms with Crippen molar-refractivity contribution in [2.24, 2.45) is 0 Å². The van der Waals surface area contributed by atoms with Gasteiger partial charge < -0.3 is 10.6 Å². The summed E-state index contributed by atoms with van der Waals surface area (Å²) in [5.41, 5.74) is 2.31. The lowest BCUT2D eigenvalue weighted by Gasteiger charge is -2.20. The normalized spacial score (nSPS) is 12.8. The summed E-state index contributed by atoms with van der Waals surface area (Å²) in [6.45, 7) is 2.76. The van der Waals surface area contributed by atoms with Gasteiger partial charge in [-0.05, 0) is 54.8 Å². The predicted molar refractivity (Wildman–Crippen MR) is 133 cm³/mol. The van der Waals surface area contributed by atoms with Gasteiger partial charge in [0.25, 0.3) is 21.8 Å².